The molecule has 1 saturated carbocycles. The van der Waals surface area contributed by atoms with Crippen molar-refractivity contribution in [2.24, 2.45) is 5.92 Å². The van der Waals surface area contributed by atoms with Gasteiger partial charge in [0.05, 0.1) is 0 Å². The van der Waals surface area contributed by atoms with E-state index >= 15 is 0 Å². The highest BCUT2D eigenvalue weighted by molar-refractivity contribution is 5.85. The Morgan fingerprint density at radius 3 is 2.00 bits per heavy atom. The highest BCUT2D eigenvalue weighted by Crippen LogP contribution is 2.27. The number of carbonyl (C=O) groups excluding carboxylic acids is 2. The quantitative estimate of drug-likeness (QED) is 0.710. The number of hydrogen-bond donors (Lipinski definition) is 1. The van der Waals surface area contributed by atoms with Crippen LogP contribution in [0.15, 0.2) is 0 Å². The van der Waals surface area contributed by atoms with Crippen LogP contribution < -0.4 is 5.32 Å². The van der Waals surface area contributed by atoms with Crippen molar-refractivity contribution >= 4 is 24.2 Å². The van der Waals surface area contributed by atoms with Crippen molar-refractivity contribution in [3.8, 4) is 0 Å². The Hall–Kier alpha value is -0.810. The molecule has 1 N–H and O–H groups in total. The van der Waals surface area contributed by atoms with E-state index in [1.54, 1.807) is 0 Å². The number of carbonyl (C=O) groups is 2. The van der Waals surface area contributed by atoms with Gasteiger partial charge in [0.2, 0.25) is 11.8 Å². The third kappa shape index (κ3) is 6.98. The fourth-order valence-electron chi connectivity index (χ4n) is 3.74. The lowest BCUT2D eigenvalue weighted by Crippen LogP contribution is -2.50. The van der Waals surface area contributed by atoms with Crippen LogP contribution in [0.25, 0.3) is 0 Å². The van der Waals surface area contributed by atoms with E-state index in [-0.39, 0.29) is 24.2 Å². The second-order valence-corrected chi connectivity index (χ2v) is 7.01. The molecule has 1 aliphatic carbocycles. The maximum Gasteiger partial charge on any atom is 0.222 e. The molecule has 0 unspecified atom stereocenters. The van der Waals surface area contributed by atoms with Crippen molar-refractivity contribution in [3.63, 3.8) is 0 Å². The Bertz CT molecular complexity index is 378. The third-order valence-electron chi connectivity index (χ3n) is 5.29. The molecule has 140 valence electrons. The molecule has 0 aromatic heterocycles. The van der Waals surface area contributed by atoms with Crippen LogP contribution in [0.1, 0.15) is 57.8 Å². The van der Waals surface area contributed by atoms with Gasteiger partial charge in [0.15, 0.2) is 0 Å². The normalized spacial score (nSPS) is 19.0. The number of nitrogens with one attached hydrogen (secondary N) is 1. The lowest BCUT2D eigenvalue weighted by Gasteiger charge is -2.35. The van der Waals surface area contributed by atoms with E-state index in [0.29, 0.717) is 39.0 Å². The van der Waals surface area contributed by atoms with Gasteiger partial charge in [-0.25, -0.2) is 0 Å². The van der Waals surface area contributed by atoms with Crippen LogP contribution in [0, 0.1) is 5.92 Å². The summed E-state index contributed by atoms with van der Waals surface area (Å²) < 4.78 is 0. The standard InChI is InChI=1S/C18H33N3O2.ClH/c1-19-11-5-8-17(22)20-12-14-21(15-13-20)18(23)10-9-16-6-3-2-4-7-16;/h16,19H,2-15H2,1H3;1H. The SMILES string of the molecule is CNCCCC(=O)N1CCN(C(=O)CCC2CCCCC2)CC1.Cl. The Balaban J connectivity index is 0.00000288. The van der Waals surface area contributed by atoms with Gasteiger partial charge in [-0.05, 0) is 32.4 Å². The van der Waals surface area contributed by atoms with Crippen molar-refractivity contribution in [2.45, 2.75) is 57.8 Å². The maximum absolute atomic E-state index is 12.3. The third-order valence-corrected chi connectivity index (χ3v) is 5.29. The second kappa shape index (κ2) is 11.7. The minimum absolute atomic E-state index is 0. The zero-order chi connectivity index (χ0) is 16.5. The molecule has 0 aromatic carbocycles. The minimum atomic E-state index is 0. The van der Waals surface area contributed by atoms with Crippen LogP contribution in [0.2, 0.25) is 0 Å². The molecule has 0 bridgehead atoms. The van der Waals surface area contributed by atoms with E-state index < -0.39 is 0 Å². The Morgan fingerprint density at radius 1 is 0.917 bits per heavy atom. The molecule has 2 amide bonds. The maximum atomic E-state index is 12.3. The van der Waals surface area contributed by atoms with Gasteiger partial charge < -0.3 is 15.1 Å². The molecule has 6 heteroatoms. The molecule has 2 rings (SSSR count). The zero-order valence-corrected chi connectivity index (χ0v) is 15.9. The molecule has 2 fully saturated rings. The summed E-state index contributed by atoms with van der Waals surface area (Å²) in [5.74, 6) is 1.29. The zero-order valence-electron chi connectivity index (χ0n) is 15.1. The van der Waals surface area contributed by atoms with Crippen LogP contribution in [-0.2, 0) is 9.59 Å². The van der Waals surface area contributed by atoms with Crippen LogP contribution >= 0.6 is 12.4 Å². The van der Waals surface area contributed by atoms with Crippen LogP contribution in [-0.4, -0.2) is 61.4 Å². The van der Waals surface area contributed by atoms with E-state index in [1.165, 1.54) is 32.1 Å². The number of piperazine rings is 1. The number of hydrogen-bond acceptors (Lipinski definition) is 3. The summed E-state index contributed by atoms with van der Waals surface area (Å²) in [6.07, 6.45) is 9.91. The summed E-state index contributed by atoms with van der Waals surface area (Å²) in [6, 6.07) is 0. The smallest absolute Gasteiger partial charge is 0.222 e. The summed E-state index contributed by atoms with van der Waals surface area (Å²) in [5.41, 5.74) is 0. The van der Waals surface area contributed by atoms with Crippen LogP contribution in [0.4, 0.5) is 0 Å². The molecule has 1 aliphatic heterocycles. The average molecular weight is 360 g/mol. The highest BCUT2D eigenvalue weighted by Gasteiger charge is 2.24. The first-order valence-corrected chi connectivity index (χ1v) is 9.41. The van der Waals surface area contributed by atoms with Gasteiger partial charge in [-0.2, -0.15) is 0 Å². The Labute approximate surface area is 152 Å². The lowest BCUT2D eigenvalue weighted by atomic mass is 9.86. The molecule has 0 spiro atoms. The molecule has 1 saturated heterocycles. The molecule has 24 heavy (non-hydrogen) atoms. The first-order chi connectivity index (χ1) is 11.2. The molecule has 1 heterocycles. The van der Waals surface area contributed by atoms with E-state index in [2.05, 4.69) is 5.32 Å². The summed E-state index contributed by atoms with van der Waals surface area (Å²) >= 11 is 0. The summed E-state index contributed by atoms with van der Waals surface area (Å²) in [6.45, 7) is 3.70. The first-order valence-electron chi connectivity index (χ1n) is 9.41. The van der Waals surface area contributed by atoms with Crippen molar-refractivity contribution in [1.29, 1.82) is 0 Å². The van der Waals surface area contributed by atoms with E-state index in [4.69, 9.17) is 0 Å². The van der Waals surface area contributed by atoms with Gasteiger partial charge in [0.1, 0.15) is 0 Å². The number of rotatable bonds is 7. The number of halogens is 1. The van der Waals surface area contributed by atoms with Crippen molar-refractivity contribution in [2.75, 3.05) is 39.8 Å². The molecule has 0 aromatic rings. The molecule has 5 nitrogen and oxygen atoms in total. The predicted molar refractivity (Wildman–Crippen MR) is 99.4 cm³/mol. The average Bonchev–Trinajstić information content (AvgIpc) is 2.61. The van der Waals surface area contributed by atoms with E-state index in [9.17, 15) is 9.59 Å². The first kappa shape index (κ1) is 21.2. The molecular formula is C18H34ClN3O2. The molecule has 0 radical (unpaired) electrons. The van der Waals surface area contributed by atoms with Crippen LogP contribution in [0.3, 0.4) is 0 Å². The van der Waals surface area contributed by atoms with Gasteiger partial charge in [-0.1, -0.05) is 32.1 Å². The topological polar surface area (TPSA) is 52.7 Å². The molecule has 0 atom stereocenters. The van der Waals surface area contributed by atoms with Crippen molar-refractivity contribution in [1.82, 2.24) is 15.1 Å². The predicted octanol–water partition coefficient (Wildman–Crippen LogP) is 2.44. The van der Waals surface area contributed by atoms with Gasteiger partial charge in [0, 0.05) is 39.0 Å². The highest BCUT2D eigenvalue weighted by atomic mass is 35.5. The van der Waals surface area contributed by atoms with Crippen molar-refractivity contribution in [3.05, 3.63) is 0 Å². The monoisotopic (exact) mass is 359 g/mol. The molecule has 2 aliphatic rings. The minimum Gasteiger partial charge on any atom is -0.339 e. The summed E-state index contributed by atoms with van der Waals surface area (Å²) in [5, 5.41) is 3.07. The largest absolute Gasteiger partial charge is 0.339 e. The second-order valence-electron chi connectivity index (χ2n) is 7.01. The van der Waals surface area contributed by atoms with E-state index in [1.807, 2.05) is 16.8 Å². The van der Waals surface area contributed by atoms with Gasteiger partial charge in [0.25, 0.3) is 0 Å². The van der Waals surface area contributed by atoms with Gasteiger partial charge in [-0.15, -0.1) is 12.4 Å². The lowest BCUT2D eigenvalue weighted by molar-refractivity contribution is -0.139. The van der Waals surface area contributed by atoms with E-state index in [0.717, 1.165) is 25.3 Å². The Kier molecular flexibility index (Phi) is 10.3. The summed E-state index contributed by atoms with van der Waals surface area (Å²) in [7, 11) is 1.90. The van der Waals surface area contributed by atoms with Crippen molar-refractivity contribution < 1.29 is 9.59 Å². The fraction of sp³-hybridized carbons (Fsp3) is 0.889. The van der Waals surface area contributed by atoms with Crippen LogP contribution in [0.5, 0.6) is 0 Å². The molecular weight excluding hydrogens is 326 g/mol. The fourth-order valence-corrected chi connectivity index (χ4v) is 3.74. The Morgan fingerprint density at radius 2 is 1.46 bits per heavy atom. The summed E-state index contributed by atoms with van der Waals surface area (Å²) in [4.78, 5) is 28.3. The van der Waals surface area contributed by atoms with Gasteiger partial charge in [-0.3, -0.25) is 9.59 Å². The van der Waals surface area contributed by atoms with Gasteiger partial charge >= 0.3 is 0 Å². The number of amides is 2. The number of nitrogens with zero attached hydrogens (tertiary/aromatic N) is 2.